The van der Waals surface area contributed by atoms with Crippen molar-refractivity contribution in [2.45, 2.75) is 44.1 Å². The van der Waals surface area contributed by atoms with E-state index in [-0.39, 0.29) is 23.2 Å². The summed E-state index contributed by atoms with van der Waals surface area (Å²) in [6.45, 7) is 3.69. The third-order valence-corrected chi connectivity index (χ3v) is 9.30. The molecule has 0 saturated carbocycles. The van der Waals surface area contributed by atoms with Crippen molar-refractivity contribution >= 4 is 27.5 Å². The number of allylic oxidation sites excluding steroid dienone is 1. The molecule has 3 aliphatic heterocycles. The number of alkyl halides is 3. The largest absolute Gasteiger partial charge is 0.474 e. The smallest absolute Gasteiger partial charge is 0.416 e. The summed E-state index contributed by atoms with van der Waals surface area (Å²) < 4.78 is 74.7. The summed E-state index contributed by atoms with van der Waals surface area (Å²) >= 11 is 0. The fourth-order valence-corrected chi connectivity index (χ4v) is 6.69. The van der Waals surface area contributed by atoms with Gasteiger partial charge >= 0.3 is 6.18 Å². The highest BCUT2D eigenvalue weighted by Crippen LogP contribution is 2.35. The summed E-state index contributed by atoms with van der Waals surface area (Å²) in [7, 11) is -3.00. The molecule has 0 spiro atoms. The van der Waals surface area contributed by atoms with Crippen LogP contribution in [-0.4, -0.2) is 80.0 Å². The first kappa shape index (κ1) is 29.2. The van der Waals surface area contributed by atoms with Crippen molar-refractivity contribution in [2.24, 2.45) is 4.99 Å². The summed E-state index contributed by atoms with van der Waals surface area (Å²) in [5.41, 5.74) is 0.173. The van der Waals surface area contributed by atoms with Crippen molar-refractivity contribution in [1.29, 1.82) is 0 Å². The number of aliphatic imine (C=N–C) groups is 1. The Bertz CT molecular complexity index is 1440. The zero-order valence-electron chi connectivity index (χ0n) is 22.5. The molecule has 0 bridgehead atoms. The molecule has 41 heavy (non-hydrogen) atoms. The van der Waals surface area contributed by atoms with Crippen LogP contribution >= 0.6 is 0 Å². The molecular formula is C28H31F3N4O5S. The van der Waals surface area contributed by atoms with E-state index in [1.807, 2.05) is 17.9 Å². The quantitative estimate of drug-likeness (QED) is 0.545. The Morgan fingerprint density at radius 1 is 1.15 bits per heavy atom. The fourth-order valence-electron chi connectivity index (χ4n) is 5.24. The van der Waals surface area contributed by atoms with Gasteiger partial charge in [-0.25, -0.2) is 13.4 Å². The lowest BCUT2D eigenvalue weighted by molar-refractivity contribution is -0.137. The van der Waals surface area contributed by atoms with Crippen LogP contribution in [0.3, 0.4) is 0 Å². The molecule has 5 rings (SSSR count). The molecule has 4 heterocycles. The first-order valence-corrected chi connectivity index (χ1v) is 15.2. The molecule has 220 valence electrons. The predicted molar refractivity (Wildman–Crippen MR) is 146 cm³/mol. The maximum absolute atomic E-state index is 13.4. The number of benzene rings is 1. The second-order valence-electron chi connectivity index (χ2n) is 10.4. The van der Waals surface area contributed by atoms with Gasteiger partial charge in [0.2, 0.25) is 5.88 Å². The number of carbonyl (C=O) groups excluding carboxylic acids is 1. The Labute approximate surface area is 236 Å². The van der Waals surface area contributed by atoms with E-state index in [0.717, 1.165) is 29.0 Å². The Balaban J connectivity index is 1.37. The van der Waals surface area contributed by atoms with Crippen LogP contribution in [0.2, 0.25) is 0 Å². The Morgan fingerprint density at radius 3 is 2.54 bits per heavy atom. The highest BCUT2D eigenvalue weighted by Gasteiger charge is 2.41. The van der Waals surface area contributed by atoms with Gasteiger partial charge in [-0.2, -0.15) is 13.2 Å². The minimum Gasteiger partial charge on any atom is -0.474 e. The van der Waals surface area contributed by atoms with Crippen molar-refractivity contribution in [2.75, 3.05) is 37.8 Å². The van der Waals surface area contributed by atoms with Gasteiger partial charge in [-0.05, 0) is 55.2 Å². The van der Waals surface area contributed by atoms with E-state index >= 15 is 0 Å². The molecule has 2 aromatic rings. The van der Waals surface area contributed by atoms with E-state index in [1.165, 1.54) is 12.1 Å². The van der Waals surface area contributed by atoms with Crippen molar-refractivity contribution in [3.8, 4) is 5.88 Å². The number of nitrogens with one attached hydrogen (secondary N) is 1. The number of hydrogen-bond acceptors (Lipinski definition) is 8. The summed E-state index contributed by atoms with van der Waals surface area (Å²) in [6, 6.07) is 7.88. The van der Waals surface area contributed by atoms with Gasteiger partial charge in [-0.1, -0.05) is 6.07 Å². The molecule has 1 aromatic carbocycles. The van der Waals surface area contributed by atoms with Gasteiger partial charge in [0, 0.05) is 49.2 Å². The molecule has 1 unspecified atom stereocenters. The number of halogens is 3. The van der Waals surface area contributed by atoms with E-state index in [9.17, 15) is 26.4 Å². The number of pyridine rings is 1. The van der Waals surface area contributed by atoms with Gasteiger partial charge in [-0.3, -0.25) is 14.7 Å². The Hall–Kier alpha value is -3.29. The van der Waals surface area contributed by atoms with Crippen molar-refractivity contribution in [3.05, 3.63) is 65.0 Å². The normalized spacial score (nSPS) is 23.8. The average molecular weight is 593 g/mol. The fraction of sp³-hybridized carbons (Fsp3) is 0.464. The number of rotatable bonds is 6. The number of carbonyl (C=O) groups is 1. The van der Waals surface area contributed by atoms with Crippen molar-refractivity contribution < 1.29 is 35.9 Å². The third kappa shape index (κ3) is 6.79. The lowest BCUT2D eigenvalue weighted by Gasteiger charge is -2.45. The van der Waals surface area contributed by atoms with Gasteiger partial charge in [0.1, 0.15) is 11.8 Å². The summed E-state index contributed by atoms with van der Waals surface area (Å²) in [5.74, 6) is -0.0806. The Morgan fingerprint density at radius 2 is 1.88 bits per heavy atom. The van der Waals surface area contributed by atoms with Crippen molar-refractivity contribution in [1.82, 2.24) is 15.2 Å². The minimum atomic E-state index is -4.57. The monoisotopic (exact) mass is 592 g/mol. The molecule has 9 nitrogen and oxygen atoms in total. The first-order valence-electron chi connectivity index (χ1n) is 13.4. The van der Waals surface area contributed by atoms with Gasteiger partial charge in [-0.15, -0.1) is 0 Å². The molecule has 13 heteroatoms. The number of nitrogens with zero attached hydrogens (tertiary/aromatic N) is 3. The maximum Gasteiger partial charge on any atom is 0.416 e. The Kier molecular flexibility index (Phi) is 8.22. The molecule has 1 amide bonds. The number of sulfone groups is 1. The number of aromatic nitrogens is 1. The number of ether oxygens (including phenoxy) is 2. The standard InChI is InChI=1S/C28H31F3N4O5S/c1-19-24(21-5-6-25(32-17-21)40-23-7-13-41(37,38)14-8-23)16-27(18-33-19,35-9-11-39-12-10-35)34-26(36)20-3-2-4-22(15-20)28(29,30)31/h2-6,15,17-18,23H,7-14,16H2,1H3,(H,34,36). The zero-order chi connectivity index (χ0) is 29.3. The average Bonchev–Trinajstić information content (AvgIpc) is 2.96. The van der Waals surface area contributed by atoms with E-state index in [2.05, 4.69) is 15.3 Å². The van der Waals surface area contributed by atoms with E-state index in [4.69, 9.17) is 9.47 Å². The lowest BCUT2D eigenvalue weighted by Crippen LogP contribution is -2.65. The predicted octanol–water partition coefficient (Wildman–Crippen LogP) is 3.72. The number of amides is 1. The molecule has 1 aromatic heterocycles. The van der Waals surface area contributed by atoms with Crippen molar-refractivity contribution in [3.63, 3.8) is 0 Å². The van der Waals surface area contributed by atoms with E-state index < -0.39 is 33.1 Å². The molecular weight excluding hydrogens is 561 g/mol. The van der Waals surface area contributed by atoms with Crippen LogP contribution < -0.4 is 10.1 Å². The van der Waals surface area contributed by atoms with Crippen LogP contribution in [0, 0.1) is 0 Å². The van der Waals surface area contributed by atoms with Crippen LogP contribution in [0.5, 0.6) is 5.88 Å². The lowest BCUT2D eigenvalue weighted by atomic mass is 9.90. The second kappa shape index (κ2) is 11.5. The summed E-state index contributed by atoms with van der Waals surface area (Å²) in [5, 5.41) is 2.98. The third-order valence-electron chi connectivity index (χ3n) is 7.59. The highest BCUT2D eigenvalue weighted by atomic mass is 32.2. The first-order chi connectivity index (χ1) is 19.4. The number of morpholine rings is 1. The molecule has 1 atom stereocenters. The highest BCUT2D eigenvalue weighted by molar-refractivity contribution is 7.91. The summed E-state index contributed by atoms with van der Waals surface area (Å²) in [4.78, 5) is 24.4. The van der Waals surface area contributed by atoms with Crippen LogP contribution in [0.25, 0.3) is 5.57 Å². The van der Waals surface area contributed by atoms with E-state index in [1.54, 1.807) is 18.5 Å². The molecule has 0 aliphatic carbocycles. The van der Waals surface area contributed by atoms with Crippen LogP contribution in [0.4, 0.5) is 13.2 Å². The summed E-state index contributed by atoms with van der Waals surface area (Å²) in [6.07, 6.45) is -0.378. The van der Waals surface area contributed by atoms with Gasteiger partial charge in [0.15, 0.2) is 9.84 Å². The number of hydrogen-bond donors (Lipinski definition) is 1. The van der Waals surface area contributed by atoms with E-state index in [0.29, 0.717) is 51.4 Å². The van der Waals surface area contributed by atoms with Crippen LogP contribution in [0.1, 0.15) is 47.7 Å². The van der Waals surface area contributed by atoms with Gasteiger partial charge < -0.3 is 14.8 Å². The SMILES string of the molecule is CC1=C(c2ccc(OC3CCS(=O)(=O)CC3)nc2)CC(NC(=O)c2cccc(C(F)(F)F)c2)(N2CCOCC2)C=N1. The zero-order valence-corrected chi connectivity index (χ0v) is 23.3. The maximum atomic E-state index is 13.4. The second-order valence-corrected chi connectivity index (χ2v) is 12.7. The molecule has 3 aliphatic rings. The van der Waals surface area contributed by atoms with Gasteiger partial charge in [0.05, 0.1) is 30.3 Å². The molecule has 2 saturated heterocycles. The molecule has 1 N–H and O–H groups in total. The van der Waals surface area contributed by atoms with Crippen LogP contribution in [0.15, 0.2) is 53.3 Å². The van der Waals surface area contributed by atoms with Crippen LogP contribution in [-0.2, 0) is 20.8 Å². The molecule has 2 fully saturated rings. The topological polar surface area (TPSA) is 110 Å². The minimum absolute atomic E-state index is 0.0929. The van der Waals surface area contributed by atoms with Gasteiger partial charge in [0.25, 0.3) is 5.91 Å². The molecule has 0 radical (unpaired) electrons.